The molecule has 1 aromatic carbocycles. The first-order chi connectivity index (χ1) is 14.6. The van der Waals surface area contributed by atoms with Gasteiger partial charge in [-0.2, -0.15) is 0 Å². The van der Waals surface area contributed by atoms with Crippen molar-refractivity contribution in [1.29, 1.82) is 5.39 Å². The number of hydrogen-bond donors (Lipinski definition) is 2. The van der Waals surface area contributed by atoms with Crippen LogP contribution >= 0.6 is 0 Å². The summed E-state index contributed by atoms with van der Waals surface area (Å²) in [6.45, 7) is 5.55. The molecule has 0 spiro atoms. The van der Waals surface area contributed by atoms with E-state index in [1.807, 2.05) is 12.1 Å². The molecule has 1 aromatic rings. The molecule has 2 N–H and O–H groups in total. The molecule has 170 valence electrons. The van der Waals surface area contributed by atoms with E-state index in [9.17, 15) is 5.39 Å². The number of ether oxygens (including phenoxy) is 2. The maximum atomic E-state index is 9.59. The normalized spacial score (nSPS) is 10.9. The second-order valence-corrected chi connectivity index (χ2v) is 7.94. The van der Waals surface area contributed by atoms with Gasteiger partial charge in [0.2, 0.25) is 16.9 Å². The van der Waals surface area contributed by atoms with Crippen molar-refractivity contribution in [2.75, 3.05) is 13.2 Å². The number of rotatable bonds is 18. The highest BCUT2D eigenvalue weighted by molar-refractivity contribution is 5.68. The van der Waals surface area contributed by atoms with Gasteiger partial charge in [-0.1, -0.05) is 58.8 Å². The van der Waals surface area contributed by atoms with Crippen molar-refractivity contribution in [1.82, 2.24) is 0 Å². The van der Waals surface area contributed by atoms with Crippen LogP contribution in [0.25, 0.3) is 4.98 Å². The SMILES string of the molecule is CCCCCCOc1cc(CCCCCC(O)O)cc(OCCCCCC)c1[N+]#N. The fraction of sp³-hybridized carbons (Fsp3) is 0.750. The second kappa shape index (κ2) is 16.9. The van der Waals surface area contributed by atoms with Crippen molar-refractivity contribution in [2.45, 2.75) is 104 Å². The third-order valence-electron chi connectivity index (χ3n) is 5.14. The Labute approximate surface area is 182 Å². The van der Waals surface area contributed by atoms with E-state index >= 15 is 0 Å². The zero-order chi connectivity index (χ0) is 22.0. The number of diazo groups is 1. The lowest BCUT2D eigenvalue weighted by Gasteiger charge is -2.11. The number of unbranched alkanes of at least 4 members (excludes halogenated alkanes) is 8. The molecule has 0 atom stereocenters. The topological polar surface area (TPSA) is 87.1 Å². The Bertz CT molecular complexity index is 579. The molecule has 6 heteroatoms. The summed E-state index contributed by atoms with van der Waals surface area (Å²) < 4.78 is 11.9. The van der Waals surface area contributed by atoms with Crippen LogP contribution in [0.4, 0.5) is 5.69 Å². The lowest BCUT2D eigenvalue weighted by atomic mass is 10.0. The minimum absolute atomic E-state index is 0.369. The lowest BCUT2D eigenvalue weighted by molar-refractivity contribution is -0.0465. The first-order valence-electron chi connectivity index (χ1n) is 11.8. The average Bonchev–Trinajstić information content (AvgIpc) is 2.73. The van der Waals surface area contributed by atoms with Crippen LogP contribution in [0.2, 0.25) is 0 Å². The van der Waals surface area contributed by atoms with Gasteiger partial charge in [0.1, 0.15) is 0 Å². The molecule has 0 aromatic heterocycles. The minimum Gasteiger partial charge on any atom is -0.486 e. The Morgan fingerprint density at radius 3 is 1.80 bits per heavy atom. The van der Waals surface area contributed by atoms with Crippen molar-refractivity contribution < 1.29 is 19.7 Å². The predicted molar refractivity (Wildman–Crippen MR) is 121 cm³/mol. The minimum atomic E-state index is -1.23. The number of nitrogens with zero attached hydrogens (tertiary/aromatic N) is 2. The van der Waals surface area contributed by atoms with Gasteiger partial charge in [0.05, 0.1) is 13.2 Å². The molecular weight excluding hydrogens is 380 g/mol. The smallest absolute Gasteiger partial charge is 0.467 e. The molecule has 0 heterocycles. The third kappa shape index (κ3) is 11.4. The number of aliphatic hydroxyl groups is 2. The van der Waals surface area contributed by atoms with Gasteiger partial charge in [-0.3, -0.25) is 0 Å². The van der Waals surface area contributed by atoms with Gasteiger partial charge in [0.15, 0.2) is 11.3 Å². The van der Waals surface area contributed by atoms with E-state index < -0.39 is 6.29 Å². The van der Waals surface area contributed by atoms with E-state index in [0.717, 1.165) is 56.9 Å². The van der Waals surface area contributed by atoms with E-state index in [1.54, 1.807) is 0 Å². The van der Waals surface area contributed by atoms with Crippen LogP contribution in [0.3, 0.4) is 0 Å². The van der Waals surface area contributed by atoms with Crippen LogP contribution in [0.1, 0.15) is 96.5 Å². The Balaban J connectivity index is 2.77. The molecule has 0 saturated carbocycles. The first kappa shape index (κ1) is 26.2. The molecular formula is C24H41N2O4+. The zero-order valence-corrected chi connectivity index (χ0v) is 18.9. The van der Waals surface area contributed by atoms with Gasteiger partial charge < -0.3 is 19.7 Å². The summed E-state index contributed by atoms with van der Waals surface area (Å²) in [5.41, 5.74) is 1.45. The lowest BCUT2D eigenvalue weighted by Crippen LogP contribution is -2.03. The Hall–Kier alpha value is -1.84. The molecule has 0 unspecified atom stereocenters. The maximum Gasteiger partial charge on any atom is 0.467 e. The molecule has 0 fully saturated rings. The predicted octanol–water partition coefficient (Wildman–Crippen LogP) is 6.50. The summed E-state index contributed by atoms with van der Waals surface area (Å²) in [4.78, 5) is 3.47. The summed E-state index contributed by atoms with van der Waals surface area (Å²) in [6.07, 6.45) is 11.6. The zero-order valence-electron chi connectivity index (χ0n) is 18.9. The summed E-state index contributed by atoms with van der Waals surface area (Å²) in [6, 6.07) is 3.89. The quantitative estimate of drug-likeness (QED) is 0.160. The van der Waals surface area contributed by atoms with E-state index in [4.69, 9.17) is 19.7 Å². The molecule has 0 radical (unpaired) electrons. The van der Waals surface area contributed by atoms with Gasteiger partial charge in [-0.05, 0) is 56.2 Å². The molecule has 0 bridgehead atoms. The standard InChI is InChI=1S/C24H41N2O4/c1-3-5-7-12-16-29-21-18-20(14-10-9-11-15-23(27)28)19-22(24(21)26-25)30-17-13-8-6-4-2/h18-19,23,27-28H,3-17H2,1-2H3/q+1. The summed E-state index contributed by atoms with van der Waals surface area (Å²) in [5.74, 6) is 1.14. The number of hydrogen-bond acceptors (Lipinski definition) is 5. The Kier molecular flexibility index (Phi) is 14.8. The van der Waals surface area contributed by atoms with E-state index in [1.165, 1.54) is 25.7 Å². The van der Waals surface area contributed by atoms with Crippen LogP contribution < -0.4 is 9.47 Å². The van der Waals surface area contributed by atoms with Crippen LogP contribution in [-0.2, 0) is 6.42 Å². The summed E-state index contributed by atoms with van der Waals surface area (Å²) >= 11 is 0. The van der Waals surface area contributed by atoms with Crippen molar-refractivity contribution in [2.24, 2.45) is 0 Å². The molecule has 0 amide bonds. The number of benzene rings is 1. The molecule has 0 aliphatic rings. The molecule has 0 aliphatic carbocycles. The monoisotopic (exact) mass is 421 g/mol. The second-order valence-electron chi connectivity index (χ2n) is 7.94. The summed E-state index contributed by atoms with van der Waals surface area (Å²) in [7, 11) is 0. The molecule has 1 rings (SSSR count). The van der Waals surface area contributed by atoms with Crippen molar-refractivity contribution >= 4 is 5.69 Å². The molecule has 0 saturated heterocycles. The third-order valence-corrected chi connectivity index (χ3v) is 5.14. The van der Waals surface area contributed by atoms with Gasteiger partial charge in [0, 0.05) is 0 Å². The van der Waals surface area contributed by atoms with Crippen LogP contribution in [0.5, 0.6) is 11.5 Å². The van der Waals surface area contributed by atoms with Crippen LogP contribution in [0.15, 0.2) is 12.1 Å². The fourth-order valence-corrected chi connectivity index (χ4v) is 3.35. The fourth-order valence-electron chi connectivity index (χ4n) is 3.35. The highest BCUT2D eigenvalue weighted by Gasteiger charge is 2.25. The average molecular weight is 422 g/mol. The number of aliphatic hydroxyl groups excluding tert-OH is 1. The van der Waals surface area contributed by atoms with Gasteiger partial charge in [-0.15, -0.1) is 0 Å². The van der Waals surface area contributed by atoms with Crippen molar-refractivity contribution in [3.05, 3.63) is 22.7 Å². The Morgan fingerprint density at radius 1 is 0.800 bits per heavy atom. The summed E-state index contributed by atoms with van der Waals surface area (Å²) in [5, 5.41) is 27.5. The largest absolute Gasteiger partial charge is 0.486 e. The molecule has 0 aliphatic heterocycles. The Morgan fingerprint density at radius 2 is 1.33 bits per heavy atom. The van der Waals surface area contributed by atoms with E-state index in [-0.39, 0.29) is 0 Å². The highest BCUT2D eigenvalue weighted by Crippen LogP contribution is 2.39. The maximum absolute atomic E-state index is 9.59. The molecule has 6 nitrogen and oxygen atoms in total. The van der Waals surface area contributed by atoms with Crippen molar-refractivity contribution in [3.63, 3.8) is 0 Å². The first-order valence-corrected chi connectivity index (χ1v) is 11.8. The van der Waals surface area contributed by atoms with Gasteiger partial charge in [-0.25, -0.2) is 0 Å². The molecule has 30 heavy (non-hydrogen) atoms. The van der Waals surface area contributed by atoms with E-state index in [2.05, 4.69) is 18.8 Å². The van der Waals surface area contributed by atoms with Gasteiger partial charge >= 0.3 is 5.69 Å². The van der Waals surface area contributed by atoms with Crippen molar-refractivity contribution in [3.8, 4) is 11.5 Å². The highest BCUT2D eigenvalue weighted by atomic mass is 16.5. The van der Waals surface area contributed by atoms with Crippen LogP contribution in [-0.4, -0.2) is 29.7 Å². The van der Waals surface area contributed by atoms with Gasteiger partial charge in [0.25, 0.3) is 0 Å². The number of aryl methyl sites for hydroxylation is 1. The van der Waals surface area contributed by atoms with E-state index in [0.29, 0.717) is 36.8 Å². The van der Waals surface area contributed by atoms with Crippen LogP contribution in [0, 0.1) is 5.39 Å².